The summed E-state index contributed by atoms with van der Waals surface area (Å²) in [6, 6.07) is 16.8. The summed E-state index contributed by atoms with van der Waals surface area (Å²) in [5.41, 5.74) is 1.06. The minimum atomic E-state index is -0.273. The Bertz CT molecular complexity index is 814. The Hall–Kier alpha value is -2.53. The lowest BCUT2D eigenvalue weighted by atomic mass is 10.1. The van der Waals surface area contributed by atoms with Crippen LogP contribution in [0, 0.1) is 0 Å². The van der Waals surface area contributed by atoms with Crippen molar-refractivity contribution >= 4 is 29.1 Å². The first kappa shape index (κ1) is 16.3. The predicted octanol–water partition coefficient (Wildman–Crippen LogP) is 3.59. The van der Waals surface area contributed by atoms with Gasteiger partial charge in [0.1, 0.15) is 5.75 Å². The summed E-state index contributed by atoms with van der Waals surface area (Å²) < 4.78 is 5.38. The molecule has 1 aliphatic heterocycles. The fraction of sp³-hybridized carbons (Fsp3) is 0.158. The third-order valence-electron chi connectivity index (χ3n) is 3.78. The molecular weight excluding hydrogens is 322 g/mol. The fourth-order valence-corrected chi connectivity index (χ4v) is 3.66. The summed E-state index contributed by atoms with van der Waals surface area (Å²) in [5.74, 6) is 0.0560. The molecule has 0 saturated heterocycles. The first-order valence-corrected chi connectivity index (χ1v) is 8.45. The summed E-state index contributed by atoms with van der Waals surface area (Å²) in [6.45, 7) is 2.14. The second kappa shape index (κ2) is 6.93. The predicted molar refractivity (Wildman–Crippen MR) is 94.6 cm³/mol. The molecule has 122 valence electrons. The highest BCUT2D eigenvalue weighted by atomic mass is 32.2. The van der Waals surface area contributed by atoms with Crippen molar-refractivity contribution in [3.63, 3.8) is 0 Å². The zero-order valence-corrected chi connectivity index (χ0v) is 14.3. The van der Waals surface area contributed by atoms with Crippen LogP contribution in [0.2, 0.25) is 0 Å². The topological polar surface area (TPSA) is 46.6 Å². The van der Waals surface area contributed by atoms with E-state index in [9.17, 15) is 9.59 Å². The molecule has 2 aromatic rings. The van der Waals surface area contributed by atoms with Gasteiger partial charge in [-0.2, -0.15) is 0 Å². The highest BCUT2D eigenvalue weighted by Crippen LogP contribution is 2.41. The number of carbonyl (C=O) groups is 2. The molecule has 2 amide bonds. The maximum absolute atomic E-state index is 12.8. The van der Waals surface area contributed by atoms with Gasteiger partial charge in [-0.3, -0.25) is 14.5 Å². The molecule has 0 bridgehead atoms. The molecule has 0 atom stereocenters. The Balaban J connectivity index is 2.14. The van der Waals surface area contributed by atoms with Gasteiger partial charge in [0.15, 0.2) is 0 Å². The average molecular weight is 339 g/mol. The van der Waals surface area contributed by atoms with Crippen molar-refractivity contribution < 1.29 is 14.3 Å². The lowest BCUT2D eigenvalue weighted by Gasteiger charge is -2.12. The van der Waals surface area contributed by atoms with Crippen LogP contribution in [0.3, 0.4) is 0 Å². The van der Waals surface area contributed by atoms with E-state index in [-0.39, 0.29) is 11.8 Å². The van der Waals surface area contributed by atoms with E-state index < -0.39 is 0 Å². The van der Waals surface area contributed by atoms with Gasteiger partial charge >= 0.3 is 0 Å². The van der Waals surface area contributed by atoms with Crippen LogP contribution in [0.1, 0.15) is 12.5 Å². The second-order valence-electron chi connectivity index (χ2n) is 5.17. The first-order chi connectivity index (χ1) is 11.7. The van der Waals surface area contributed by atoms with Gasteiger partial charge < -0.3 is 4.74 Å². The number of rotatable bonds is 5. The van der Waals surface area contributed by atoms with Crippen LogP contribution in [0.25, 0.3) is 5.57 Å². The lowest BCUT2D eigenvalue weighted by Crippen LogP contribution is -2.31. The number of ether oxygens (including phenoxy) is 1. The summed E-state index contributed by atoms with van der Waals surface area (Å²) in [6.07, 6.45) is 0. The number of methoxy groups -OCH3 is 1. The van der Waals surface area contributed by atoms with Gasteiger partial charge in [-0.25, -0.2) is 0 Å². The molecule has 1 heterocycles. The van der Waals surface area contributed by atoms with Crippen LogP contribution in [-0.2, 0) is 9.59 Å². The van der Waals surface area contributed by atoms with E-state index in [1.165, 1.54) is 16.7 Å². The number of para-hydroxylation sites is 1. The third-order valence-corrected chi connectivity index (χ3v) is 4.87. The Kier molecular flexibility index (Phi) is 4.71. The Morgan fingerprint density at radius 1 is 0.958 bits per heavy atom. The Labute approximate surface area is 145 Å². The van der Waals surface area contributed by atoms with Crippen molar-refractivity contribution in [1.29, 1.82) is 0 Å². The lowest BCUT2D eigenvalue weighted by molar-refractivity contribution is -0.136. The molecule has 0 spiro atoms. The summed E-state index contributed by atoms with van der Waals surface area (Å²) in [4.78, 5) is 28.1. The van der Waals surface area contributed by atoms with Crippen LogP contribution >= 0.6 is 11.8 Å². The minimum absolute atomic E-state index is 0.253. The monoisotopic (exact) mass is 339 g/mol. The third kappa shape index (κ3) is 2.83. The molecule has 0 N–H and O–H groups in total. The van der Waals surface area contributed by atoms with E-state index in [0.717, 1.165) is 4.90 Å². The summed E-state index contributed by atoms with van der Waals surface area (Å²) >= 11 is 1.32. The van der Waals surface area contributed by atoms with Crippen molar-refractivity contribution in [2.24, 2.45) is 0 Å². The standard InChI is InChI=1S/C19H17NO3S/c1-3-20-18(21)16(14-11-7-8-12-15(14)23-2)17(19(20)22)24-13-9-5-4-6-10-13/h4-12H,3H2,1-2H3. The SMILES string of the molecule is CCN1C(=O)C(Sc2ccccc2)=C(c2ccccc2OC)C1=O. The van der Waals surface area contributed by atoms with Crippen LogP contribution in [0.5, 0.6) is 5.75 Å². The molecule has 24 heavy (non-hydrogen) atoms. The van der Waals surface area contributed by atoms with E-state index in [4.69, 9.17) is 4.74 Å². The van der Waals surface area contributed by atoms with Crippen molar-refractivity contribution in [3.8, 4) is 5.75 Å². The fourth-order valence-electron chi connectivity index (χ4n) is 2.63. The molecule has 0 fully saturated rings. The summed E-state index contributed by atoms with van der Waals surface area (Å²) in [7, 11) is 1.56. The number of amides is 2. The molecule has 1 aliphatic rings. The zero-order valence-electron chi connectivity index (χ0n) is 13.5. The molecule has 0 unspecified atom stereocenters. The van der Waals surface area contributed by atoms with Gasteiger partial charge in [-0.1, -0.05) is 48.2 Å². The van der Waals surface area contributed by atoms with Crippen molar-refractivity contribution in [2.45, 2.75) is 11.8 Å². The second-order valence-corrected chi connectivity index (χ2v) is 6.26. The number of benzene rings is 2. The van der Waals surface area contributed by atoms with Gasteiger partial charge in [-0.05, 0) is 25.1 Å². The number of carbonyl (C=O) groups excluding carboxylic acids is 2. The van der Waals surface area contributed by atoms with Crippen LogP contribution in [-0.4, -0.2) is 30.4 Å². The molecule has 3 rings (SSSR count). The van der Waals surface area contributed by atoms with Gasteiger partial charge in [0.25, 0.3) is 11.8 Å². The van der Waals surface area contributed by atoms with Gasteiger partial charge in [0, 0.05) is 17.0 Å². The Morgan fingerprint density at radius 3 is 2.29 bits per heavy atom. The molecule has 5 heteroatoms. The minimum Gasteiger partial charge on any atom is -0.496 e. The van der Waals surface area contributed by atoms with E-state index >= 15 is 0 Å². The highest BCUT2D eigenvalue weighted by molar-refractivity contribution is 8.04. The van der Waals surface area contributed by atoms with E-state index in [2.05, 4.69) is 0 Å². The molecule has 0 radical (unpaired) electrons. The summed E-state index contributed by atoms with van der Waals surface area (Å²) in [5, 5.41) is 0. The number of hydrogen-bond donors (Lipinski definition) is 0. The van der Waals surface area contributed by atoms with Gasteiger partial charge in [-0.15, -0.1) is 0 Å². The molecule has 0 aromatic heterocycles. The van der Waals surface area contributed by atoms with E-state index in [1.54, 1.807) is 20.1 Å². The smallest absolute Gasteiger partial charge is 0.268 e. The normalized spacial score (nSPS) is 14.5. The van der Waals surface area contributed by atoms with Gasteiger partial charge in [0.05, 0.1) is 17.6 Å². The number of thioether (sulfide) groups is 1. The number of hydrogen-bond acceptors (Lipinski definition) is 4. The number of imide groups is 1. The van der Waals surface area contributed by atoms with Gasteiger partial charge in [0.2, 0.25) is 0 Å². The largest absolute Gasteiger partial charge is 0.496 e. The molecule has 2 aromatic carbocycles. The van der Waals surface area contributed by atoms with E-state index in [0.29, 0.717) is 28.3 Å². The maximum atomic E-state index is 12.8. The first-order valence-electron chi connectivity index (χ1n) is 7.64. The molecular formula is C19H17NO3S. The highest BCUT2D eigenvalue weighted by Gasteiger charge is 2.39. The van der Waals surface area contributed by atoms with E-state index in [1.807, 2.05) is 48.5 Å². The number of likely N-dealkylation sites (N-methyl/N-ethyl adjacent to an activating group) is 1. The maximum Gasteiger partial charge on any atom is 0.268 e. The van der Waals surface area contributed by atoms with Crippen LogP contribution in [0.15, 0.2) is 64.4 Å². The molecule has 0 saturated carbocycles. The number of nitrogens with zero attached hydrogens (tertiary/aromatic N) is 1. The molecule has 4 nitrogen and oxygen atoms in total. The quantitative estimate of drug-likeness (QED) is 0.781. The van der Waals surface area contributed by atoms with Crippen LogP contribution in [0.4, 0.5) is 0 Å². The molecule has 0 aliphatic carbocycles. The van der Waals surface area contributed by atoms with Crippen molar-refractivity contribution in [2.75, 3.05) is 13.7 Å². The van der Waals surface area contributed by atoms with Crippen molar-refractivity contribution in [1.82, 2.24) is 4.90 Å². The van der Waals surface area contributed by atoms with Crippen molar-refractivity contribution in [3.05, 3.63) is 65.1 Å². The zero-order chi connectivity index (χ0) is 17.1. The Morgan fingerprint density at radius 2 is 1.62 bits per heavy atom. The van der Waals surface area contributed by atoms with Crippen LogP contribution < -0.4 is 4.74 Å². The average Bonchev–Trinajstić information content (AvgIpc) is 2.85.